The van der Waals surface area contributed by atoms with E-state index >= 15 is 0 Å². The number of nitrogens with one attached hydrogen (secondary N) is 1. The molecule has 1 aliphatic heterocycles. The predicted octanol–water partition coefficient (Wildman–Crippen LogP) is 0.122. The summed E-state index contributed by atoms with van der Waals surface area (Å²) in [6.07, 6.45) is 1.26. The maximum atomic E-state index is 11.3. The van der Waals surface area contributed by atoms with Crippen LogP contribution in [0.15, 0.2) is 4.52 Å². The van der Waals surface area contributed by atoms with E-state index in [4.69, 9.17) is 4.52 Å². The van der Waals surface area contributed by atoms with Crippen LogP contribution in [-0.4, -0.2) is 43.2 Å². The van der Waals surface area contributed by atoms with Gasteiger partial charge in [0.05, 0.1) is 11.5 Å². The van der Waals surface area contributed by atoms with Gasteiger partial charge in [0.2, 0.25) is 5.89 Å². The van der Waals surface area contributed by atoms with Crippen LogP contribution in [0.5, 0.6) is 0 Å². The molecule has 1 saturated heterocycles. The van der Waals surface area contributed by atoms with Crippen LogP contribution < -0.4 is 5.32 Å². The summed E-state index contributed by atoms with van der Waals surface area (Å²) in [5.74, 6) is 1.38. The van der Waals surface area contributed by atoms with Crippen molar-refractivity contribution in [3.05, 3.63) is 11.7 Å². The van der Waals surface area contributed by atoms with Crippen molar-refractivity contribution in [3.8, 4) is 0 Å². The molecule has 1 aromatic rings. The normalized spacial score (nSPS) is 24.9. The van der Waals surface area contributed by atoms with Gasteiger partial charge in [-0.15, -0.1) is 0 Å². The second kappa shape index (κ2) is 4.73. The first-order valence-electron chi connectivity index (χ1n) is 5.70. The van der Waals surface area contributed by atoms with Crippen LogP contribution in [0.3, 0.4) is 0 Å². The van der Waals surface area contributed by atoms with E-state index in [9.17, 15) is 8.42 Å². The van der Waals surface area contributed by atoms with E-state index in [1.165, 1.54) is 0 Å². The van der Waals surface area contributed by atoms with E-state index < -0.39 is 9.84 Å². The van der Waals surface area contributed by atoms with Gasteiger partial charge < -0.3 is 9.84 Å². The highest BCUT2D eigenvalue weighted by molar-refractivity contribution is 7.91. The van der Waals surface area contributed by atoms with Gasteiger partial charge in [0.15, 0.2) is 15.7 Å². The SMILES string of the molecule is CNC(C)Cc1nc(C2CCS(=O)(=O)C2)no1. The monoisotopic (exact) mass is 259 g/mol. The van der Waals surface area contributed by atoms with E-state index in [1.807, 2.05) is 14.0 Å². The van der Waals surface area contributed by atoms with Crippen LogP contribution in [0.1, 0.15) is 31.0 Å². The fourth-order valence-electron chi connectivity index (χ4n) is 1.88. The Kier molecular flexibility index (Phi) is 3.48. The Labute approximate surface area is 101 Å². The molecular weight excluding hydrogens is 242 g/mol. The standard InChI is InChI=1S/C10H17N3O3S/c1-7(11-2)5-9-12-10(13-16-9)8-3-4-17(14,15)6-8/h7-8,11H,3-6H2,1-2H3. The third kappa shape index (κ3) is 3.04. The third-order valence-corrected chi connectivity index (χ3v) is 4.82. The fourth-order valence-corrected chi connectivity index (χ4v) is 3.62. The highest BCUT2D eigenvalue weighted by atomic mass is 32.2. The van der Waals surface area contributed by atoms with Gasteiger partial charge in [-0.3, -0.25) is 0 Å². The van der Waals surface area contributed by atoms with Crippen LogP contribution in [0.4, 0.5) is 0 Å². The van der Waals surface area contributed by atoms with E-state index in [1.54, 1.807) is 0 Å². The molecule has 6 nitrogen and oxygen atoms in total. The van der Waals surface area contributed by atoms with Gasteiger partial charge in [-0.25, -0.2) is 8.42 Å². The highest BCUT2D eigenvalue weighted by Crippen LogP contribution is 2.26. The molecule has 1 aromatic heterocycles. The number of hydrogen-bond acceptors (Lipinski definition) is 6. The van der Waals surface area contributed by atoms with Crippen LogP contribution in [0, 0.1) is 0 Å². The Hall–Kier alpha value is -0.950. The second-order valence-electron chi connectivity index (χ2n) is 4.54. The number of sulfone groups is 1. The molecule has 1 aliphatic rings. The maximum absolute atomic E-state index is 11.3. The van der Waals surface area contributed by atoms with Crippen molar-refractivity contribution in [2.45, 2.75) is 31.7 Å². The molecule has 96 valence electrons. The molecule has 1 N–H and O–H groups in total. The number of nitrogens with zero attached hydrogens (tertiary/aromatic N) is 2. The summed E-state index contributed by atoms with van der Waals surface area (Å²) in [6, 6.07) is 0.260. The van der Waals surface area contributed by atoms with Gasteiger partial charge in [-0.05, 0) is 20.4 Å². The van der Waals surface area contributed by atoms with Crippen LogP contribution in [0.2, 0.25) is 0 Å². The highest BCUT2D eigenvalue weighted by Gasteiger charge is 2.32. The van der Waals surface area contributed by atoms with E-state index in [0.717, 1.165) is 0 Å². The van der Waals surface area contributed by atoms with Gasteiger partial charge in [-0.1, -0.05) is 5.16 Å². The van der Waals surface area contributed by atoms with Crippen LogP contribution >= 0.6 is 0 Å². The molecule has 7 heteroatoms. The lowest BCUT2D eigenvalue weighted by atomic mass is 10.1. The third-order valence-electron chi connectivity index (χ3n) is 3.05. The molecule has 0 aromatic carbocycles. The Morgan fingerprint density at radius 3 is 2.94 bits per heavy atom. The topological polar surface area (TPSA) is 85.1 Å². The maximum Gasteiger partial charge on any atom is 0.228 e. The lowest BCUT2D eigenvalue weighted by molar-refractivity contribution is 0.359. The largest absolute Gasteiger partial charge is 0.339 e. The average molecular weight is 259 g/mol. The smallest absolute Gasteiger partial charge is 0.228 e. The van der Waals surface area contributed by atoms with Crippen molar-refractivity contribution in [1.29, 1.82) is 0 Å². The minimum Gasteiger partial charge on any atom is -0.339 e. The molecule has 2 atom stereocenters. The first kappa shape index (κ1) is 12.5. The first-order chi connectivity index (χ1) is 8.00. The van der Waals surface area contributed by atoms with Crippen molar-refractivity contribution in [2.75, 3.05) is 18.6 Å². The molecule has 2 heterocycles. The lowest BCUT2D eigenvalue weighted by Gasteiger charge is -2.04. The minimum atomic E-state index is -2.90. The summed E-state index contributed by atoms with van der Waals surface area (Å²) in [5, 5.41) is 6.95. The molecule has 17 heavy (non-hydrogen) atoms. The molecule has 0 aliphatic carbocycles. The summed E-state index contributed by atoms with van der Waals surface area (Å²) >= 11 is 0. The molecule has 0 radical (unpaired) electrons. The van der Waals surface area contributed by atoms with Crippen molar-refractivity contribution >= 4 is 9.84 Å². The zero-order chi connectivity index (χ0) is 12.5. The van der Waals surface area contributed by atoms with Gasteiger partial charge in [-0.2, -0.15) is 4.98 Å². The van der Waals surface area contributed by atoms with Crippen molar-refractivity contribution in [1.82, 2.24) is 15.5 Å². The van der Waals surface area contributed by atoms with Crippen LogP contribution in [-0.2, 0) is 16.3 Å². The fraction of sp³-hybridized carbons (Fsp3) is 0.800. The minimum absolute atomic E-state index is 0.0950. The zero-order valence-corrected chi connectivity index (χ0v) is 10.8. The van der Waals surface area contributed by atoms with Crippen LogP contribution in [0.25, 0.3) is 0 Å². The van der Waals surface area contributed by atoms with Crippen molar-refractivity contribution in [2.24, 2.45) is 0 Å². The molecule has 0 spiro atoms. The van der Waals surface area contributed by atoms with E-state index in [-0.39, 0.29) is 23.5 Å². The van der Waals surface area contributed by atoms with Crippen molar-refractivity contribution < 1.29 is 12.9 Å². The predicted molar refractivity (Wildman–Crippen MR) is 62.5 cm³/mol. The van der Waals surface area contributed by atoms with Gasteiger partial charge in [0.1, 0.15) is 0 Å². The number of rotatable bonds is 4. The summed E-state index contributed by atoms with van der Waals surface area (Å²) in [6.45, 7) is 2.02. The Morgan fingerprint density at radius 2 is 2.35 bits per heavy atom. The summed E-state index contributed by atoms with van der Waals surface area (Å²) in [7, 11) is -1.03. The number of hydrogen-bond donors (Lipinski definition) is 1. The van der Waals surface area contributed by atoms with Gasteiger partial charge in [0.25, 0.3) is 0 Å². The Morgan fingerprint density at radius 1 is 1.59 bits per heavy atom. The molecule has 2 unspecified atom stereocenters. The molecule has 0 saturated carbocycles. The quantitative estimate of drug-likeness (QED) is 0.827. The number of likely N-dealkylation sites (N-methyl/N-ethyl adjacent to an activating group) is 1. The van der Waals surface area contributed by atoms with Gasteiger partial charge in [0, 0.05) is 18.4 Å². The Balaban J connectivity index is 2.04. The molecule has 1 fully saturated rings. The first-order valence-corrected chi connectivity index (χ1v) is 7.52. The van der Waals surface area contributed by atoms with E-state index in [2.05, 4.69) is 15.5 Å². The Bertz CT molecular complexity index is 483. The summed E-state index contributed by atoms with van der Waals surface area (Å²) < 4.78 is 27.8. The zero-order valence-electron chi connectivity index (χ0n) is 10.0. The summed E-state index contributed by atoms with van der Waals surface area (Å²) in [4.78, 5) is 4.26. The van der Waals surface area contributed by atoms with Crippen molar-refractivity contribution in [3.63, 3.8) is 0 Å². The molecule has 0 bridgehead atoms. The lowest BCUT2D eigenvalue weighted by Crippen LogP contribution is -2.23. The summed E-state index contributed by atoms with van der Waals surface area (Å²) in [5.41, 5.74) is 0. The molecular formula is C10H17N3O3S. The van der Waals surface area contributed by atoms with E-state index in [0.29, 0.717) is 24.6 Å². The molecule has 0 amide bonds. The average Bonchev–Trinajstić information content (AvgIpc) is 2.84. The van der Waals surface area contributed by atoms with Gasteiger partial charge >= 0.3 is 0 Å². The second-order valence-corrected chi connectivity index (χ2v) is 6.77. The number of aromatic nitrogens is 2. The molecule has 2 rings (SSSR count).